The SMILES string of the molecule is COC(=O)Cc1sc(-c2cccc(F)c2)nc1C. The number of benzene rings is 1. The van der Waals surface area contributed by atoms with Crippen molar-refractivity contribution in [2.45, 2.75) is 13.3 Å². The molecule has 0 atom stereocenters. The van der Waals surface area contributed by atoms with Gasteiger partial charge in [0.2, 0.25) is 0 Å². The van der Waals surface area contributed by atoms with Gasteiger partial charge in [-0.3, -0.25) is 4.79 Å². The lowest BCUT2D eigenvalue weighted by Crippen LogP contribution is -2.03. The fourth-order valence-corrected chi connectivity index (χ4v) is 2.58. The van der Waals surface area contributed by atoms with Crippen LogP contribution in [-0.4, -0.2) is 18.1 Å². The van der Waals surface area contributed by atoms with Crippen molar-refractivity contribution < 1.29 is 13.9 Å². The Labute approximate surface area is 108 Å². The van der Waals surface area contributed by atoms with E-state index in [2.05, 4.69) is 9.72 Å². The van der Waals surface area contributed by atoms with Crippen LogP contribution in [0.3, 0.4) is 0 Å². The largest absolute Gasteiger partial charge is 0.469 e. The summed E-state index contributed by atoms with van der Waals surface area (Å²) < 4.78 is 17.8. The molecule has 2 rings (SSSR count). The van der Waals surface area contributed by atoms with Crippen molar-refractivity contribution in [2.75, 3.05) is 7.11 Å². The van der Waals surface area contributed by atoms with Crippen LogP contribution in [0.1, 0.15) is 10.6 Å². The van der Waals surface area contributed by atoms with Crippen LogP contribution in [0.2, 0.25) is 0 Å². The zero-order valence-electron chi connectivity index (χ0n) is 10.1. The quantitative estimate of drug-likeness (QED) is 0.801. The van der Waals surface area contributed by atoms with E-state index in [9.17, 15) is 9.18 Å². The molecule has 2 aromatic rings. The van der Waals surface area contributed by atoms with Crippen LogP contribution >= 0.6 is 11.3 Å². The molecule has 0 aliphatic carbocycles. The Balaban J connectivity index is 2.31. The monoisotopic (exact) mass is 265 g/mol. The number of carbonyl (C=O) groups excluding carboxylic acids is 1. The average molecular weight is 265 g/mol. The van der Waals surface area contributed by atoms with Gasteiger partial charge in [-0.25, -0.2) is 9.37 Å². The first-order valence-electron chi connectivity index (χ1n) is 5.39. The molecule has 0 saturated heterocycles. The summed E-state index contributed by atoms with van der Waals surface area (Å²) in [7, 11) is 1.35. The molecular weight excluding hydrogens is 253 g/mol. The number of ether oxygens (including phenoxy) is 1. The molecule has 0 aliphatic heterocycles. The van der Waals surface area contributed by atoms with Crippen LogP contribution in [-0.2, 0) is 16.0 Å². The molecule has 18 heavy (non-hydrogen) atoms. The van der Waals surface area contributed by atoms with Crippen LogP contribution in [0, 0.1) is 12.7 Å². The number of aromatic nitrogens is 1. The van der Waals surface area contributed by atoms with Crippen molar-refractivity contribution in [3.8, 4) is 10.6 Å². The van der Waals surface area contributed by atoms with E-state index in [0.717, 1.165) is 16.1 Å². The van der Waals surface area contributed by atoms with E-state index in [1.807, 2.05) is 6.92 Å². The first-order valence-corrected chi connectivity index (χ1v) is 6.21. The third-order valence-corrected chi connectivity index (χ3v) is 3.70. The number of carbonyl (C=O) groups is 1. The highest BCUT2D eigenvalue weighted by molar-refractivity contribution is 7.15. The number of hydrogen-bond donors (Lipinski definition) is 0. The molecule has 0 unspecified atom stereocenters. The predicted molar refractivity (Wildman–Crippen MR) is 68.0 cm³/mol. The molecule has 0 spiro atoms. The maximum atomic E-state index is 13.1. The number of esters is 1. The Morgan fingerprint density at radius 3 is 2.94 bits per heavy atom. The Morgan fingerprint density at radius 2 is 2.28 bits per heavy atom. The molecule has 0 amide bonds. The summed E-state index contributed by atoms with van der Waals surface area (Å²) in [5.74, 6) is -0.595. The van der Waals surface area contributed by atoms with Crippen molar-refractivity contribution in [3.63, 3.8) is 0 Å². The summed E-state index contributed by atoms with van der Waals surface area (Å²) in [4.78, 5) is 16.4. The van der Waals surface area contributed by atoms with E-state index >= 15 is 0 Å². The van der Waals surface area contributed by atoms with Crippen molar-refractivity contribution in [1.82, 2.24) is 4.98 Å². The highest BCUT2D eigenvalue weighted by atomic mass is 32.1. The molecule has 1 aromatic heterocycles. The van der Waals surface area contributed by atoms with E-state index in [1.54, 1.807) is 12.1 Å². The predicted octanol–water partition coefficient (Wildman–Crippen LogP) is 2.97. The highest BCUT2D eigenvalue weighted by Crippen LogP contribution is 2.28. The first kappa shape index (κ1) is 12.7. The van der Waals surface area contributed by atoms with Crippen molar-refractivity contribution in [2.24, 2.45) is 0 Å². The van der Waals surface area contributed by atoms with Gasteiger partial charge in [-0.05, 0) is 19.1 Å². The average Bonchev–Trinajstić information content (AvgIpc) is 2.71. The van der Waals surface area contributed by atoms with E-state index < -0.39 is 0 Å². The minimum Gasteiger partial charge on any atom is -0.469 e. The number of aryl methyl sites for hydroxylation is 1. The lowest BCUT2D eigenvalue weighted by Gasteiger charge is -1.96. The summed E-state index contributed by atoms with van der Waals surface area (Å²) >= 11 is 1.39. The number of halogens is 1. The molecule has 94 valence electrons. The van der Waals surface area contributed by atoms with Gasteiger partial charge in [0.1, 0.15) is 10.8 Å². The van der Waals surface area contributed by atoms with Gasteiger partial charge >= 0.3 is 5.97 Å². The number of thiazole rings is 1. The maximum Gasteiger partial charge on any atom is 0.310 e. The van der Waals surface area contributed by atoms with Crippen LogP contribution in [0.25, 0.3) is 10.6 Å². The third kappa shape index (κ3) is 2.73. The Kier molecular flexibility index (Phi) is 3.72. The van der Waals surface area contributed by atoms with Crippen LogP contribution < -0.4 is 0 Å². The molecule has 1 heterocycles. The molecule has 0 N–H and O–H groups in total. The van der Waals surface area contributed by atoms with Gasteiger partial charge in [-0.15, -0.1) is 11.3 Å². The van der Waals surface area contributed by atoms with Crippen molar-refractivity contribution in [3.05, 3.63) is 40.7 Å². The zero-order chi connectivity index (χ0) is 13.1. The van der Waals surface area contributed by atoms with Gasteiger partial charge in [-0.1, -0.05) is 12.1 Å². The fourth-order valence-electron chi connectivity index (χ4n) is 1.54. The number of nitrogens with zero attached hydrogens (tertiary/aromatic N) is 1. The van der Waals surface area contributed by atoms with Crippen LogP contribution in [0.5, 0.6) is 0 Å². The van der Waals surface area contributed by atoms with Crippen molar-refractivity contribution >= 4 is 17.3 Å². The second-order valence-corrected chi connectivity index (χ2v) is 4.87. The smallest absolute Gasteiger partial charge is 0.310 e. The second-order valence-electron chi connectivity index (χ2n) is 3.79. The molecule has 0 radical (unpaired) electrons. The second kappa shape index (κ2) is 5.27. The topological polar surface area (TPSA) is 39.2 Å². The van der Waals surface area contributed by atoms with Gasteiger partial charge in [-0.2, -0.15) is 0 Å². The van der Waals surface area contributed by atoms with E-state index in [4.69, 9.17) is 0 Å². The summed E-state index contributed by atoms with van der Waals surface area (Å²) in [5, 5.41) is 0.714. The summed E-state index contributed by atoms with van der Waals surface area (Å²) in [6, 6.07) is 6.25. The summed E-state index contributed by atoms with van der Waals surface area (Å²) in [5.41, 5.74) is 1.50. The molecule has 1 aromatic carbocycles. The summed E-state index contributed by atoms with van der Waals surface area (Å²) in [6.45, 7) is 1.83. The number of rotatable bonds is 3. The van der Waals surface area contributed by atoms with E-state index in [0.29, 0.717) is 5.01 Å². The minimum absolute atomic E-state index is 0.204. The Bertz CT molecular complexity index is 580. The van der Waals surface area contributed by atoms with Crippen molar-refractivity contribution in [1.29, 1.82) is 0 Å². The molecule has 5 heteroatoms. The highest BCUT2D eigenvalue weighted by Gasteiger charge is 2.13. The van der Waals surface area contributed by atoms with Crippen LogP contribution in [0.15, 0.2) is 24.3 Å². The molecule has 0 fully saturated rings. The van der Waals surface area contributed by atoms with E-state index in [-0.39, 0.29) is 18.2 Å². The Hall–Kier alpha value is -1.75. The lowest BCUT2D eigenvalue weighted by atomic mass is 10.2. The van der Waals surface area contributed by atoms with Gasteiger partial charge in [0, 0.05) is 10.4 Å². The minimum atomic E-state index is -0.299. The van der Waals surface area contributed by atoms with Gasteiger partial charge in [0.15, 0.2) is 0 Å². The van der Waals surface area contributed by atoms with Gasteiger partial charge in [0.25, 0.3) is 0 Å². The molecule has 0 bridgehead atoms. The summed E-state index contributed by atoms with van der Waals surface area (Å²) in [6.07, 6.45) is 0.204. The maximum absolute atomic E-state index is 13.1. The zero-order valence-corrected chi connectivity index (χ0v) is 10.9. The number of methoxy groups -OCH3 is 1. The normalized spacial score (nSPS) is 10.4. The molecular formula is C13H12FNO2S. The van der Waals surface area contributed by atoms with Gasteiger partial charge in [0.05, 0.1) is 19.2 Å². The third-order valence-electron chi connectivity index (χ3n) is 2.50. The van der Waals surface area contributed by atoms with Crippen LogP contribution in [0.4, 0.5) is 4.39 Å². The standard InChI is InChI=1S/C13H12FNO2S/c1-8-11(7-12(16)17-2)18-13(15-8)9-4-3-5-10(14)6-9/h3-6H,7H2,1-2H3. The Morgan fingerprint density at radius 1 is 1.50 bits per heavy atom. The fraction of sp³-hybridized carbons (Fsp3) is 0.231. The molecule has 3 nitrogen and oxygen atoms in total. The van der Waals surface area contributed by atoms with E-state index in [1.165, 1.54) is 30.6 Å². The van der Waals surface area contributed by atoms with Gasteiger partial charge < -0.3 is 4.74 Å². The molecule has 0 aliphatic rings. The molecule has 0 saturated carbocycles. The first-order chi connectivity index (χ1) is 8.60. The number of hydrogen-bond acceptors (Lipinski definition) is 4. The lowest BCUT2D eigenvalue weighted by molar-refractivity contribution is -0.139.